The van der Waals surface area contributed by atoms with E-state index in [1.807, 2.05) is 6.92 Å². The SMILES string of the molecule is CCOCCCNC(=O)c1c(C)nc2ccc(C(F)(F)F)cn12. The van der Waals surface area contributed by atoms with Gasteiger partial charge < -0.3 is 10.1 Å². The minimum absolute atomic E-state index is 0.113. The summed E-state index contributed by atoms with van der Waals surface area (Å²) in [5, 5.41) is 2.67. The third kappa shape index (κ3) is 4.01. The van der Waals surface area contributed by atoms with E-state index in [1.54, 1.807) is 6.92 Å². The van der Waals surface area contributed by atoms with E-state index in [0.29, 0.717) is 37.5 Å². The van der Waals surface area contributed by atoms with Crippen LogP contribution in [0.15, 0.2) is 18.3 Å². The van der Waals surface area contributed by atoms with Crippen LogP contribution in [0.5, 0.6) is 0 Å². The molecule has 1 amide bonds. The van der Waals surface area contributed by atoms with Crippen molar-refractivity contribution in [1.82, 2.24) is 14.7 Å². The molecule has 0 fully saturated rings. The first-order chi connectivity index (χ1) is 10.8. The summed E-state index contributed by atoms with van der Waals surface area (Å²) in [7, 11) is 0. The smallest absolute Gasteiger partial charge is 0.382 e. The average molecular weight is 329 g/mol. The number of aromatic nitrogens is 2. The van der Waals surface area contributed by atoms with E-state index < -0.39 is 17.6 Å². The maximum absolute atomic E-state index is 12.8. The fourth-order valence-electron chi connectivity index (χ4n) is 2.21. The van der Waals surface area contributed by atoms with E-state index in [9.17, 15) is 18.0 Å². The highest BCUT2D eigenvalue weighted by atomic mass is 19.4. The van der Waals surface area contributed by atoms with E-state index >= 15 is 0 Å². The zero-order chi connectivity index (χ0) is 17.0. The lowest BCUT2D eigenvalue weighted by Gasteiger charge is -2.09. The number of carbonyl (C=O) groups excluding carboxylic acids is 1. The van der Waals surface area contributed by atoms with Crippen molar-refractivity contribution in [2.24, 2.45) is 0 Å². The van der Waals surface area contributed by atoms with Gasteiger partial charge in [0.15, 0.2) is 0 Å². The zero-order valence-electron chi connectivity index (χ0n) is 12.9. The van der Waals surface area contributed by atoms with Crippen molar-refractivity contribution in [3.05, 3.63) is 35.3 Å². The lowest BCUT2D eigenvalue weighted by molar-refractivity contribution is -0.137. The first-order valence-electron chi connectivity index (χ1n) is 7.26. The summed E-state index contributed by atoms with van der Waals surface area (Å²) in [5.74, 6) is -0.453. The Morgan fingerprint density at radius 1 is 1.39 bits per heavy atom. The fourth-order valence-corrected chi connectivity index (χ4v) is 2.21. The molecule has 23 heavy (non-hydrogen) atoms. The third-order valence-corrected chi connectivity index (χ3v) is 3.29. The number of pyridine rings is 1. The van der Waals surface area contributed by atoms with Crippen LogP contribution in [0, 0.1) is 6.92 Å². The zero-order valence-corrected chi connectivity index (χ0v) is 12.9. The van der Waals surface area contributed by atoms with Crippen molar-refractivity contribution in [3.8, 4) is 0 Å². The number of hydrogen-bond acceptors (Lipinski definition) is 3. The highest BCUT2D eigenvalue weighted by molar-refractivity contribution is 5.94. The Morgan fingerprint density at radius 3 is 2.78 bits per heavy atom. The van der Waals surface area contributed by atoms with Crippen LogP contribution in [-0.2, 0) is 10.9 Å². The average Bonchev–Trinajstić information content (AvgIpc) is 2.80. The summed E-state index contributed by atoms with van der Waals surface area (Å²) in [6.07, 6.45) is -2.95. The van der Waals surface area contributed by atoms with Crippen LogP contribution in [0.4, 0.5) is 13.2 Å². The molecule has 0 aliphatic carbocycles. The number of ether oxygens (including phenoxy) is 1. The minimum Gasteiger partial charge on any atom is -0.382 e. The van der Waals surface area contributed by atoms with Gasteiger partial charge in [0.05, 0.1) is 11.3 Å². The third-order valence-electron chi connectivity index (χ3n) is 3.29. The van der Waals surface area contributed by atoms with Gasteiger partial charge in [-0.3, -0.25) is 9.20 Å². The Hall–Kier alpha value is -2.09. The Morgan fingerprint density at radius 2 is 2.13 bits per heavy atom. The first kappa shape index (κ1) is 17.3. The van der Waals surface area contributed by atoms with Gasteiger partial charge in [-0.25, -0.2) is 4.98 Å². The molecular formula is C15H18F3N3O2. The number of rotatable bonds is 6. The number of aryl methyl sites for hydroxylation is 1. The van der Waals surface area contributed by atoms with Gasteiger partial charge in [-0.1, -0.05) is 0 Å². The quantitative estimate of drug-likeness (QED) is 0.829. The number of amides is 1. The molecule has 0 atom stereocenters. The van der Waals surface area contributed by atoms with Crippen molar-refractivity contribution in [2.45, 2.75) is 26.4 Å². The second-order valence-corrected chi connectivity index (χ2v) is 5.00. The Labute approximate surface area is 131 Å². The van der Waals surface area contributed by atoms with Crippen molar-refractivity contribution in [1.29, 1.82) is 0 Å². The molecule has 1 N–H and O–H groups in total. The van der Waals surface area contributed by atoms with E-state index in [2.05, 4.69) is 10.3 Å². The summed E-state index contributed by atoms with van der Waals surface area (Å²) in [6.45, 7) is 4.96. The maximum Gasteiger partial charge on any atom is 0.417 e. The van der Waals surface area contributed by atoms with E-state index in [0.717, 1.165) is 12.3 Å². The molecule has 2 aromatic rings. The number of alkyl halides is 3. The van der Waals surface area contributed by atoms with Crippen LogP contribution >= 0.6 is 0 Å². The molecule has 2 heterocycles. The van der Waals surface area contributed by atoms with Crippen LogP contribution in [0.3, 0.4) is 0 Å². The number of nitrogens with one attached hydrogen (secondary N) is 1. The van der Waals surface area contributed by atoms with Crippen molar-refractivity contribution in [2.75, 3.05) is 19.8 Å². The summed E-state index contributed by atoms with van der Waals surface area (Å²) in [5.41, 5.74) is -0.0306. The number of nitrogens with zero attached hydrogens (tertiary/aromatic N) is 2. The molecule has 0 saturated carbocycles. The van der Waals surface area contributed by atoms with Gasteiger partial charge in [-0.2, -0.15) is 13.2 Å². The number of hydrogen-bond donors (Lipinski definition) is 1. The van der Waals surface area contributed by atoms with E-state index in [1.165, 1.54) is 10.5 Å². The summed E-state index contributed by atoms with van der Waals surface area (Å²) in [4.78, 5) is 16.4. The van der Waals surface area contributed by atoms with Crippen LogP contribution in [0.1, 0.15) is 35.1 Å². The van der Waals surface area contributed by atoms with Crippen LogP contribution < -0.4 is 5.32 Å². The lowest BCUT2D eigenvalue weighted by atomic mass is 10.2. The highest BCUT2D eigenvalue weighted by Gasteiger charge is 2.31. The number of fused-ring (bicyclic) bond motifs is 1. The second-order valence-electron chi connectivity index (χ2n) is 5.00. The van der Waals surface area contributed by atoms with Gasteiger partial charge in [0, 0.05) is 26.0 Å². The molecule has 0 saturated heterocycles. The van der Waals surface area contributed by atoms with E-state index in [4.69, 9.17) is 4.74 Å². The molecule has 2 rings (SSSR count). The van der Waals surface area contributed by atoms with Crippen molar-refractivity contribution in [3.63, 3.8) is 0 Å². The number of imidazole rings is 1. The lowest BCUT2D eigenvalue weighted by Crippen LogP contribution is -2.27. The van der Waals surface area contributed by atoms with Crippen LogP contribution in [0.2, 0.25) is 0 Å². The number of halogens is 3. The summed E-state index contributed by atoms with van der Waals surface area (Å²) >= 11 is 0. The van der Waals surface area contributed by atoms with Gasteiger partial charge >= 0.3 is 6.18 Å². The molecule has 8 heteroatoms. The summed E-state index contributed by atoms with van der Waals surface area (Å²) in [6, 6.07) is 2.20. The normalized spacial score (nSPS) is 11.9. The topological polar surface area (TPSA) is 55.6 Å². The van der Waals surface area contributed by atoms with Crippen molar-refractivity contribution < 1.29 is 22.7 Å². The molecule has 126 valence electrons. The van der Waals surface area contributed by atoms with E-state index in [-0.39, 0.29) is 5.69 Å². The Kier molecular flexibility index (Phi) is 5.25. The van der Waals surface area contributed by atoms with Gasteiger partial charge in [-0.15, -0.1) is 0 Å². The fraction of sp³-hybridized carbons (Fsp3) is 0.467. The Bertz CT molecular complexity index is 695. The minimum atomic E-state index is -4.47. The second kappa shape index (κ2) is 6.99. The Balaban J connectivity index is 2.21. The predicted molar refractivity (Wildman–Crippen MR) is 78.4 cm³/mol. The summed E-state index contributed by atoms with van der Waals surface area (Å²) < 4.78 is 44.8. The van der Waals surface area contributed by atoms with Gasteiger partial charge in [0.25, 0.3) is 5.91 Å². The maximum atomic E-state index is 12.8. The monoisotopic (exact) mass is 329 g/mol. The highest BCUT2D eigenvalue weighted by Crippen LogP contribution is 2.29. The molecular weight excluding hydrogens is 311 g/mol. The van der Waals surface area contributed by atoms with Gasteiger partial charge in [-0.05, 0) is 32.4 Å². The molecule has 5 nitrogen and oxygen atoms in total. The molecule has 0 aliphatic heterocycles. The van der Waals surface area contributed by atoms with Crippen LogP contribution in [-0.4, -0.2) is 35.1 Å². The molecule has 2 aromatic heterocycles. The largest absolute Gasteiger partial charge is 0.417 e. The molecule has 0 unspecified atom stereocenters. The van der Waals surface area contributed by atoms with Crippen LogP contribution in [0.25, 0.3) is 5.65 Å². The molecule has 0 bridgehead atoms. The first-order valence-corrected chi connectivity index (χ1v) is 7.26. The van der Waals surface area contributed by atoms with Gasteiger partial charge in [0.1, 0.15) is 11.3 Å². The van der Waals surface area contributed by atoms with Gasteiger partial charge in [0.2, 0.25) is 0 Å². The molecule has 0 aromatic carbocycles. The standard InChI is InChI=1S/C15H18F3N3O2/c1-3-23-8-4-7-19-14(22)13-10(2)20-12-6-5-11(9-21(12)13)15(16,17)18/h5-6,9H,3-4,7-8H2,1-2H3,(H,19,22). The molecule has 0 aliphatic rings. The van der Waals surface area contributed by atoms with Crippen molar-refractivity contribution >= 4 is 11.6 Å². The predicted octanol–water partition coefficient (Wildman–Crippen LogP) is 2.82. The number of carbonyl (C=O) groups is 1. The molecule has 0 spiro atoms. The molecule has 0 radical (unpaired) electrons.